The second-order valence-corrected chi connectivity index (χ2v) is 7.66. The Morgan fingerprint density at radius 1 is 0.958 bits per heavy atom. The van der Waals surface area contributed by atoms with E-state index in [2.05, 4.69) is 50.0 Å². The highest BCUT2D eigenvalue weighted by atomic mass is 15.5. The van der Waals surface area contributed by atoms with E-state index in [0.29, 0.717) is 12.2 Å². The highest BCUT2D eigenvalue weighted by Crippen LogP contribution is 2.39. The lowest BCUT2D eigenvalue weighted by Crippen LogP contribution is -2.75. The Morgan fingerprint density at radius 3 is 2.58 bits per heavy atom. The van der Waals surface area contributed by atoms with Crippen LogP contribution in [0.2, 0.25) is 0 Å². The number of nitrogens with zero attached hydrogens (tertiary/aromatic N) is 2. The number of hydrogen-bond acceptors (Lipinski definition) is 5. The molecule has 0 saturated carbocycles. The second kappa shape index (κ2) is 5.99. The molecule has 4 aliphatic heterocycles. The first-order chi connectivity index (χ1) is 11.9. The van der Waals surface area contributed by atoms with Crippen LogP contribution < -0.4 is 20.9 Å². The van der Waals surface area contributed by atoms with Gasteiger partial charge in [0, 0.05) is 38.4 Å². The molecular formula is C19H29N5. The fraction of sp³-hybridized carbons (Fsp3) is 0.684. The van der Waals surface area contributed by atoms with E-state index in [1.54, 1.807) is 0 Å². The predicted octanol–water partition coefficient (Wildman–Crippen LogP) is 0.722. The Balaban J connectivity index is 1.54. The van der Waals surface area contributed by atoms with Crippen molar-refractivity contribution in [3.63, 3.8) is 0 Å². The van der Waals surface area contributed by atoms with Crippen LogP contribution in [0.15, 0.2) is 24.3 Å². The number of hydrogen-bond donors (Lipinski definition) is 3. The van der Waals surface area contributed by atoms with Crippen molar-refractivity contribution in [2.45, 2.75) is 43.6 Å². The number of rotatable bonds is 3. The van der Waals surface area contributed by atoms with Gasteiger partial charge in [-0.15, -0.1) is 0 Å². The summed E-state index contributed by atoms with van der Waals surface area (Å²) in [5.74, 6) is 0. The summed E-state index contributed by atoms with van der Waals surface area (Å²) in [5.41, 5.74) is 3.00. The van der Waals surface area contributed by atoms with Crippen molar-refractivity contribution in [2.75, 3.05) is 44.2 Å². The van der Waals surface area contributed by atoms with E-state index in [4.69, 9.17) is 0 Å². The zero-order valence-corrected chi connectivity index (χ0v) is 14.4. The molecule has 1 aromatic carbocycles. The molecule has 0 aromatic heterocycles. The molecule has 3 fully saturated rings. The summed E-state index contributed by atoms with van der Waals surface area (Å²) in [6.45, 7) is 6.86. The normalized spacial score (nSPS) is 34.3. The summed E-state index contributed by atoms with van der Waals surface area (Å²) in [4.78, 5) is 5.44. The van der Waals surface area contributed by atoms with Crippen molar-refractivity contribution >= 4 is 5.69 Å². The first kappa shape index (κ1) is 15.1. The van der Waals surface area contributed by atoms with Gasteiger partial charge in [0.25, 0.3) is 0 Å². The topological polar surface area (TPSA) is 42.6 Å². The summed E-state index contributed by atoms with van der Waals surface area (Å²) in [6, 6.07) is 9.54. The van der Waals surface area contributed by atoms with Gasteiger partial charge in [-0.2, -0.15) is 0 Å². The van der Waals surface area contributed by atoms with Gasteiger partial charge in [-0.3, -0.25) is 20.9 Å². The lowest BCUT2D eigenvalue weighted by atomic mass is 9.94. The summed E-state index contributed by atoms with van der Waals surface area (Å²) in [5, 5.41) is 11.5. The molecule has 0 bridgehead atoms. The molecule has 5 heteroatoms. The Labute approximate surface area is 144 Å². The maximum Gasteiger partial charge on any atom is 0.121 e. The summed E-state index contributed by atoms with van der Waals surface area (Å²) < 4.78 is 0. The van der Waals surface area contributed by atoms with Crippen molar-refractivity contribution in [3.8, 4) is 0 Å². The van der Waals surface area contributed by atoms with Gasteiger partial charge in [-0.1, -0.05) is 18.2 Å². The maximum atomic E-state index is 3.97. The van der Waals surface area contributed by atoms with Crippen LogP contribution in [0.1, 0.15) is 24.8 Å². The smallest absolute Gasteiger partial charge is 0.121 e. The molecule has 0 aliphatic carbocycles. The number of para-hydroxylation sites is 1. The number of fused-ring (bicyclic) bond motifs is 1. The van der Waals surface area contributed by atoms with Gasteiger partial charge in [-0.25, -0.2) is 0 Å². The van der Waals surface area contributed by atoms with E-state index in [-0.39, 0.29) is 5.66 Å². The number of likely N-dealkylation sites (tertiary alicyclic amines) is 1. The third-order valence-electron chi connectivity index (χ3n) is 6.52. The molecule has 0 radical (unpaired) electrons. The Bertz CT molecular complexity index is 575. The van der Waals surface area contributed by atoms with E-state index in [1.807, 2.05) is 0 Å². The lowest BCUT2D eigenvalue weighted by molar-refractivity contribution is 0.0385. The molecule has 3 saturated heterocycles. The zero-order valence-electron chi connectivity index (χ0n) is 14.4. The monoisotopic (exact) mass is 327 g/mol. The van der Waals surface area contributed by atoms with Crippen molar-refractivity contribution in [3.05, 3.63) is 29.8 Å². The largest absolute Gasteiger partial charge is 0.365 e. The first-order valence-corrected chi connectivity index (χ1v) is 9.71. The van der Waals surface area contributed by atoms with Crippen LogP contribution in [0, 0.1) is 0 Å². The van der Waals surface area contributed by atoms with Crippen molar-refractivity contribution < 1.29 is 0 Å². The summed E-state index contributed by atoms with van der Waals surface area (Å²) in [7, 11) is 0. The summed E-state index contributed by atoms with van der Waals surface area (Å²) >= 11 is 0. The highest BCUT2D eigenvalue weighted by molar-refractivity contribution is 5.59. The Kier molecular flexibility index (Phi) is 3.78. The van der Waals surface area contributed by atoms with Crippen LogP contribution in [0.25, 0.3) is 0 Å². The van der Waals surface area contributed by atoms with Crippen LogP contribution in [-0.2, 0) is 6.42 Å². The van der Waals surface area contributed by atoms with Crippen LogP contribution in [0.3, 0.4) is 0 Å². The maximum absolute atomic E-state index is 3.97. The van der Waals surface area contributed by atoms with Crippen LogP contribution in [0.5, 0.6) is 0 Å². The van der Waals surface area contributed by atoms with E-state index in [9.17, 15) is 0 Å². The highest BCUT2D eigenvalue weighted by Gasteiger charge is 2.56. The van der Waals surface area contributed by atoms with Gasteiger partial charge in [-0.05, 0) is 43.9 Å². The second-order valence-electron chi connectivity index (χ2n) is 7.66. The molecule has 3 N–H and O–H groups in total. The SMILES string of the molecule is c1ccc2c(c1)CCN2C1CCNC1(C1NCCN1)N1CCCC1. The molecular weight excluding hydrogens is 298 g/mol. The van der Waals surface area contributed by atoms with E-state index in [1.165, 1.54) is 50.0 Å². The Hall–Kier alpha value is -1.14. The zero-order chi connectivity index (χ0) is 16.0. The fourth-order valence-electron chi connectivity index (χ4n) is 5.53. The average Bonchev–Trinajstić information content (AvgIpc) is 3.40. The fourth-order valence-corrected chi connectivity index (χ4v) is 5.53. The molecule has 4 aliphatic rings. The van der Waals surface area contributed by atoms with Crippen molar-refractivity contribution in [1.29, 1.82) is 0 Å². The lowest BCUT2D eigenvalue weighted by Gasteiger charge is -2.50. The average molecular weight is 327 g/mol. The number of benzene rings is 1. The van der Waals surface area contributed by atoms with Crippen LogP contribution in [0.4, 0.5) is 5.69 Å². The Morgan fingerprint density at radius 2 is 1.75 bits per heavy atom. The van der Waals surface area contributed by atoms with Crippen molar-refractivity contribution in [2.24, 2.45) is 0 Å². The standard InChI is InChI=1S/C19H29N5/c1-2-6-16-15(5-1)8-14-24(16)17-7-9-22-19(17,18-20-10-11-21-18)23-12-3-4-13-23/h1-2,5-6,17-18,20-22H,3-4,7-14H2. The molecule has 5 rings (SSSR count). The third-order valence-corrected chi connectivity index (χ3v) is 6.52. The third kappa shape index (κ3) is 2.15. The van der Waals surface area contributed by atoms with Gasteiger partial charge < -0.3 is 4.90 Å². The van der Waals surface area contributed by atoms with Gasteiger partial charge in [0.1, 0.15) is 5.66 Å². The molecule has 130 valence electrons. The quantitative estimate of drug-likeness (QED) is 0.763. The van der Waals surface area contributed by atoms with Gasteiger partial charge in [0.2, 0.25) is 0 Å². The van der Waals surface area contributed by atoms with Gasteiger partial charge in [0.15, 0.2) is 0 Å². The molecule has 2 unspecified atom stereocenters. The molecule has 0 amide bonds. The molecule has 0 spiro atoms. The molecule has 2 atom stereocenters. The van der Waals surface area contributed by atoms with Gasteiger partial charge >= 0.3 is 0 Å². The minimum atomic E-state index is 0.0183. The van der Waals surface area contributed by atoms with Gasteiger partial charge in [0.05, 0.1) is 12.2 Å². The predicted molar refractivity (Wildman–Crippen MR) is 97.2 cm³/mol. The number of nitrogens with one attached hydrogen (secondary N) is 3. The minimum absolute atomic E-state index is 0.0183. The van der Waals surface area contributed by atoms with E-state index >= 15 is 0 Å². The van der Waals surface area contributed by atoms with E-state index in [0.717, 1.165) is 26.2 Å². The van der Waals surface area contributed by atoms with Crippen molar-refractivity contribution in [1.82, 2.24) is 20.9 Å². The van der Waals surface area contributed by atoms with E-state index < -0.39 is 0 Å². The first-order valence-electron chi connectivity index (χ1n) is 9.71. The summed E-state index contributed by atoms with van der Waals surface area (Å²) in [6.07, 6.45) is 5.42. The molecule has 4 heterocycles. The molecule has 24 heavy (non-hydrogen) atoms. The molecule has 1 aromatic rings. The minimum Gasteiger partial charge on any atom is -0.365 e. The van der Waals surface area contributed by atoms with Crippen LogP contribution in [-0.4, -0.2) is 62.0 Å². The molecule has 5 nitrogen and oxygen atoms in total. The number of anilines is 1. The van der Waals surface area contributed by atoms with Crippen LogP contribution >= 0.6 is 0 Å².